The Labute approximate surface area is 77.7 Å². The van der Waals surface area contributed by atoms with E-state index in [1.54, 1.807) is 0 Å². The average molecular weight is 191 g/mol. The van der Waals surface area contributed by atoms with Crippen molar-refractivity contribution in [1.29, 1.82) is 0 Å². The molecule has 0 fully saturated rings. The summed E-state index contributed by atoms with van der Waals surface area (Å²) in [5, 5.41) is 8.42. The highest BCUT2D eigenvalue weighted by Gasteiger charge is 2.16. The van der Waals surface area contributed by atoms with Crippen molar-refractivity contribution in [2.45, 2.75) is 25.5 Å². The van der Waals surface area contributed by atoms with Gasteiger partial charge >= 0.3 is 5.97 Å². The Bertz CT molecular complexity index is 139. The van der Waals surface area contributed by atoms with Crippen LogP contribution >= 0.6 is 11.8 Å². The summed E-state index contributed by atoms with van der Waals surface area (Å²) < 4.78 is 0. The lowest BCUT2D eigenvalue weighted by Crippen LogP contribution is -2.21. The summed E-state index contributed by atoms with van der Waals surface area (Å²) in [5.41, 5.74) is 5.30. The molecule has 0 aliphatic carbocycles. The van der Waals surface area contributed by atoms with Gasteiger partial charge in [-0.2, -0.15) is 0 Å². The molecule has 1 unspecified atom stereocenters. The summed E-state index contributed by atoms with van der Waals surface area (Å²) in [6, 6.07) is 0. The molecule has 4 heteroatoms. The van der Waals surface area contributed by atoms with Gasteiger partial charge in [0.05, 0.1) is 0 Å². The number of carbonyl (C=O) groups is 1. The standard InChI is InChI=1S/C8H17NO2S/c1-6(2)5-12-7(3-4-9)8(10)11/h6-7H,3-5,9H2,1-2H3,(H,10,11). The summed E-state index contributed by atoms with van der Waals surface area (Å²) >= 11 is 1.48. The van der Waals surface area contributed by atoms with Gasteiger partial charge in [0.25, 0.3) is 0 Å². The lowest BCUT2D eigenvalue weighted by Gasteiger charge is -2.11. The topological polar surface area (TPSA) is 63.3 Å². The molecule has 0 rings (SSSR count). The Morgan fingerprint density at radius 2 is 2.17 bits per heavy atom. The number of hydrogen-bond donors (Lipinski definition) is 2. The minimum atomic E-state index is -0.744. The van der Waals surface area contributed by atoms with Crippen LogP contribution in [0.2, 0.25) is 0 Å². The molecule has 0 spiro atoms. The van der Waals surface area contributed by atoms with Crippen LogP contribution in [0.5, 0.6) is 0 Å². The van der Waals surface area contributed by atoms with Crippen molar-refractivity contribution in [3.05, 3.63) is 0 Å². The Balaban J connectivity index is 3.71. The van der Waals surface area contributed by atoms with Crippen molar-refractivity contribution < 1.29 is 9.90 Å². The molecule has 12 heavy (non-hydrogen) atoms. The van der Waals surface area contributed by atoms with Crippen molar-refractivity contribution in [3.63, 3.8) is 0 Å². The Hall–Kier alpha value is -0.220. The zero-order valence-electron chi connectivity index (χ0n) is 7.62. The van der Waals surface area contributed by atoms with Crippen LogP contribution in [0.1, 0.15) is 20.3 Å². The van der Waals surface area contributed by atoms with Crippen molar-refractivity contribution in [3.8, 4) is 0 Å². The van der Waals surface area contributed by atoms with Gasteiger partial charge in [-0.05, 0) is 24.6 Å². The molecule has 0 aromatic heterocycles. The highest BCUT2D eigenvalue weighted by atomic mass is 32.2. The Morgan fingerprint density at radius 3 is 2.50 bits per heavy atom. The van der Waals surface area contributed by atoms with Crippen molar-refractivity contribution in [2.24, 2.45) is 11.7 Å². The summed E-state index contributed by atoms with van der Waals surface area (Å²) in [7, 11) is 0. The fourth-order valence-electron chi connectivity index (χ4n) is 0.738. The van der Waals surface area contributed by atoms with E-state index in [0.29, 0.717) is 18.9 Å². The minimum Gasteiger partial charge on any atom is -0.480 e. The second-order valence-corrected chi connectivity index (χ2v) is 4.37. The molecule has 0 aromatic rings. The smallest absolute Gasteiger partial charge is 0.316 e. The molecule has 0 heterocycles. The molecule has 0 aliphatic heterocycles. The average Bonchev–Trinajstić information content (AvgIpc) is 1.96. The van der Waals surface area contributed by atoms with Crippen LogP contribution in [0.4, 0.5) is 0 Å². The van der Waals surface area contributed by atoms with Gasteiger partial charge in [-0.15, -0.1) is 11.8 Å². The lowest BCUT2D eigenvalue weighted by atomic mass is 10.3. The van der Waals surface area contributed by atoms with Gasteiger partial charge in [0, 0.05) is 0 Å². The van der Waals surface area contributed by atoms with Crippen molar-refractivity contribution >= 4 is 17.7 Å². The largest absolute Gasteiger partial charge is 0.480 e. The number of aliphatic carboxylic acids is 1. The number of nitrogens with two attached hydrogens (primary N) is 1. The summed E-state index contributed by atoms with van der Waals surface area (Å²) in [6.45, 7) is 4.60. The van der Waals surface area contributed by atoms with E-state index in [9.17, 15) is 4.79 Å². The molecule has 3 N–H and O–H groups in total. The van der Waals surface area contributed by atoms with E-state index in [1.807, 2.05) is 0 Å². The molecule has 0 amide bonds. The number of hydrogen-bond acceptors (Lipinski definition) is 3. The zero-order chi connectivity index (χ0) is 9.56. The molecule has 0 saturated carbocycles. The third-order valence-electron chi connectivity index (χ3n) is 1.34. The van der Waals surface area contributed by atoms with Crippen LogP contribution in [0.25, 0.3) is 0 Å². The maximum atomic E-state index is 10.6. The predicted octanol–water partition coefficient (Wildman–Crippen LogP) is 1.18. The fraction of sp³-hybridized carbons (Fsp3) is 0.875. The van der Waals surface area contributed by atoms with Gasteiger partial charge < -0.3 is 10.8 Å². The SMILES string of the molecule is CC(C)CSC(CCN)C(=O)O. The van der Waals surface area contributed by atoms with Gasteiger partial charge in [-0.25, -0.2) is 0 Å². The predicted molar refractivity (Wildman–Crippen MR) is 52.4 cm³/mol. The van der Waals surface area contributed by atoms with Gasteiger partial charge in [-0.1, -0.05) is 13.8 Å². The van der Waals surface area contributed by atoms with Crippen molar-refractivity contribution in [2.75, 3.05) is 12.3 Å². The third kappa shape index (κ3) is 5.43. The second-order valence-electron chi connectivity index (χ2n) is 3.13. The molecule has 0 radical (unpaired) electrons. The van der Waals surface area contributed by atoms with E-state index in [1.165, 1.54) is 11.8 Å². The number of carboxylic acid groups (broad SMARTS) is 1. The molecule has 72 valence electrons. The normalized spacial score (nSPS) is 13.3. The van der Waals surface area contributed by atoms with E-state index in [2.05, 4.69) is 13.8 Å². The maximum Gasteiger partial charge on any atom is 0.316 e. The molecule has 0 saturated heterocycles. The van der Waals surface area contributed by atoms with E-state index in [-0.39, 0.29) is 5.25 Å². The highest BCUT2D eigenvalue weighted by Crippen LogP contribution is 2.17. The van der Waals surface area contributed by atoms with Crippen LogP contribution in [0.15, 0.2) is 0 Å². The first-order chi connectivity index (χ1) is 5.57. The Kier molecular flexibility index (Phi) is 6.20. The quantitative estimate of drug-likeness (QED) is 0.661. The first-order valence-electron chi connectivity index (χ1n) is 4.12. The van der Waals surface area contributed by atoms with E-state index in [4.69, 9.17) is 10.8 Å². The molecule has 3 nitrogen and oxygen atoms in total. The summed E-state index contributed by atoms with van der Waals surface area (Å²) in [4.78, 5) is 10.6. The minimum absolute atomic E-state index is 0.322. The van der Waals surface area contributed by atoms with Crippen LogP contribution < -0.4 is 5.73 Å². The molecule has 0 aromatic carbocycles. The van der Waals surface area contributed by atoms with Gasteiger partial charge in [0.15, 0.2) is 0 Å². The number of carboxylic acids is 1. The molecule has 0 aliphatic rings. The highest BCUT2D eigenvalue weighted by molar-refractivity contribution is 8.00. The van der Waals surface area contributed by atoms with Gasteiger partial charge in [0.1, 0.15) is 5.25 Å². The third-order valence-corrected chi connectivity index (χ3v) is 3.03. The second kappa shape index (κ2) is 6.31. The van der Waals surface area contributed by atoms with Crippen LogP contribution in [-0.2, 0) is 4.79 Å². The fourth-order valence-corrected chi connectivity index (χ4v) is 1.80. The number of thioether (sulfide) groups is 1. The number of rotatable bonds is 6. The van der Waals surface area contributed by atoms with E-state index in [0.717, 1.165) is 5.75 Å². The van der Waals surface area contributed by atoms with Gasteiger partial charge in [-0.3, -0.25) is 4.79 Å². The lowest BCUT2D eigenvalue weighted by molar-refractivity contribution is -0.136. The molecular weight excluding hydrogens is 174 g/mol. The maximum absolute atomic E-state index is 10.6. The summed E-state index contributed by atoms with van der Waals surface area (Å²) in [5.74, 6) is 0.678. The molecular formula is C8H17NO2S. The van der Waals surface area contributed by atoms with Crippen LogP contribution in [-0.4, -0.2) is 28.6 Å². The van der Waals surface area contributed by atoms with Gasteiger partial charge in [0.2, 0.25) is 0 Å². The first kappa shape index (κ1) is 11.8. The van der Waals surface area contributed by atoms with E-state index >= 15 is 0 Å². The van der Waals surface area contributed by atoms with Crippen LogP contribution in [0.3, 0.4) is 0 Å². The van der Waals surface area contributed by atoms with Crippen LogP contribution in [0, 0.1) is 5.92 Å². The molecule has 0 bridgehead atoms. The summed E-state index contributed by atoms with van der Waals surface area (Å²) in [6.07, 6.45) is 0.562. The monoisotopic (exact) mass is 191 g/mol. The molecule has 1 atom stereocenters. The first-order valence-corrected chi connectivity index (χ1v) is 5.17. The van der Waals surface area contributed by atoms with E-state index < -0.39 is 5.97 Å². The zero-order valence-corrected chi connectivity index (χ0v) is 8.43. The Morgan fingerprint density at radius 1 is 1.58 bits per heavy atom. The van der Waals surface area contributed by atoms with Crippen molar-refractivity contribution in [1.82, 2.24) is 0 Å².